The van der Waals surface area contributed by atoms with Crippen LogP contribution in [-0.4, -0.2) is 27.0 Å². The largest absolute Gasteiger partial charge is 0.405 e. The van der Waals surface area contributed by atoms with Gasteiger partial charge in [0.05, 0.1) is 11.3 Å². The summed E-state index contributed by atoms with van der Waals surface area (Å²) in [7, 11) is -3.94. The fourth-order valence-electron chi connectivity index (χ4n) is 2.26. The van der Waals surface area contributed by atoms with Crippen LogP contribution < -0.4 is 10.0 Å². The molecular formula is C17H16F4N2O3S. The molecule has 0 unspecified atom stereocenters. The molecule has 10 heteroatoms. The fourth-order valence-corrected chi connectivity index (χ4v) is 3.55. The van der Waals surface area contributed by atoms with Crippen LogP contribution in [0.15, 0.2) is 47.4 Å². The molecule has 146 valence electrons. The van der Waals surface area contributed by atoms with E-state index >= 15 is 0 Å². The average Bonchev–Trinajstić information content (AvgIpc) is 2.53. The summed E-state index contributed by atoms with van der Waals surface area (Å²) in [6.07, 6.45) is -4.77. The number of amides is 1. The Morgan fingerprint density at radius 1 is 1.07 bits per heavy atom. The molecule has 2 aromatic carbocycles. The van der Waals surface area contributed by atoms with E-state index in [4.69, 9.17) is 0 Å². The maximum Gasteiger partial charge on any atom is 0.405 e. The number of hydrogen-bond donors (Lipinski definition) is 2. The number of nitrogens with one attached hydrogen (secondary N) is 2. The molecule has 0 aliphatic rings. The lowest BCUT2D eigenvalue weighted by Crippen LogP contribution is -2.34. The summed E-state index contributed by atoms with van der Waals surface area (Å²) in [5.41, 5.74) is 0.842. The number of carbonyl (C=O) groups excluding carboxylic acids is 1. The molecule has 2 N–H and O–H groups in total. The summed E-state index contributed by atoms with van der Waals surface area (Å²) in [5, 5.41) is 1.75. The van der Waals surface area contributed by atoms with E-state index in [2.05, 4.69) is 4.72 Å². The molecule has 0 radical (unpaired) electrons. The quantitative estimate of drug-likeness (QED) is 0.727. The van der Waals surface area contributed by atoms with Gasteiger partial charge < -0.3 is 5.32 Å². The van der Waals surface area contributed by atoms with Crippen molar-refractivity contribution in [1.29, 1.82) is 0 Å². The Bertz CT molecular complexity index is 926. The fraction of sp³-hybridized carbons (Fsp3) is 0.235. The van der Waals surface area contributed by atoms with Crippen molar-refractivity contribution in [2.45, 2.75) is 24.4 Å². The third-order valence-electron chi connectivity index (χ3n) is 3.48. The van der Waals surface area contributed by atoms with Crippen molar-refractivity contribution in [3.05, 3.63) is 59.4 Å². The molecule has 1 amide bonds. The predicted molar refractivity (Wildman–Crippen MR) is 91.2 cm³/mol. The Morgan fingerprint density at radius 3 is 2.26 bits per heavy atom. The Hall–Kier alpha value is -2.62. The smallest absolute Gasteiger partial charge is 0.347 e. The number of benzene rings is 2. The first kappa shape index (κ1) is 20.7. The van der Waals surface area contributed by atoms with Gasteiger partial charge in [0.1, 0.15) is 12.4 Å². The molecule has 2 aromatic rings. The zero-order valence-corrected chi connectivity index (χ0v) is 14.9. The summed E-state index contributed by atoms with van der Waals surface area (Å²) in [6, 6.07) is 8.87. The molecule has 0 bridgehead atoms. The lowest BCUT2D eigenvalue weighted by Gasteiger charge is -2.11. The summed E-state index contributed by atoms with van der Waals surface area (Å²) in [6.45, 7) is 0.0427. The molecule has 0 saturated carbocycles. The molecule has 5 nitrogen and oxygen atoms in total. The van der Waals surface area contributed by atoms with Crippen molar-refractivity contribution >= 4 is 21.6 Å². The standard InChI is InChI=1S/C17H16F4N2O3S/c1-11-8-13(18)4-7-15(11)27(25,26)23-14-5-2-12(3-6-14)9-16(24)22-10-17(19,20)21/h2-8,23H,9-10H2,1H3,(H,22,24). The van der Waals surface area contributed by atoms with E-state index in [1.54, 1.807) is 5.32 Å². The highest BCUT2D eigenvalue weighted by Crippen LogP contribution is 2.20. The zero-order valence-electron chi connectivity index (χ0n) is 14.1. The van der Waals surface area contributed by atoms with Gasteiger partial charge in [-0.25, -0.2) is 12.8 Å². The number of anilines is 1. The summed E-state index contributed by atoms with van der Waals surface area (Å²) in [4.78, 5) is 11.4. The van der Waals surface area contributed by atoms with Crippen molar-refractivity contribution in [3.63, 3.8) is 0 Å². The third kappa shape index (κ3) is 6.24. The Labute approximate surface area is 153 Å². The van der Waals surface area contributed by atoms with Gasteiger partial charge in [0.15, 0.2) is 0 Å². The average molecular weight is 404 g/mol. The molecule has 0 spiro atoms. The van der Waals surface area contributed by atoms with Gasteiger partial charge in [-0.3, -0.25) is 9.52 Å². The molecule has 0 heterocycles. The number of rotatable bonds is 6. The number of carbonyl (C=O) groups is 1. The molecule has 0 aliphatic carbocycles. The minimum Gasteiger partial charge on any atom is -0.347 e. The SMILES string of the molecule is Cc1cc(F)ccc1S(=O)(=O)Nc1ccc(CC(=O)NCC(F)(F)F)cc1. The highest BCUT2D eigenvalue weighted by atomic mass is 32.2. The van der Waals surface area contributed by atoms with E-state index in [1.165, 1.54) is 31.2 Å². The first-order valence-corrected chi connectivity index (χ1v) is 9.16. The van der Waals surface area contributed by atoms with Crippen molar-refractivity contribution in [1.82, 2.24) is 5.32 Å². The monoisotopic (exact) mass is 404 g/mol. The third-order valence-corrected chi connectivity index (χ3v) is 5.02. The van der Waals surface area contributed by atoms with E-state index in [9.17, 15) is 30.8 Å². The Morgan fingerprint density at radius 2 is 1.70 bits per heavy atom. The topological polar surface area (TPSA) is 75.3 Å². The van der Waals surface area contributed by atoms with Crippen LogP contribution in [0, 0.1) is 12.7 Å². The van der Waals surface area contributed by atoms with E-state index in [-0.39, 0.29) is 22.6 Å². The van der Waals surface area contributed by atoms with E-state index in [1.807, 2.05) is 0 Å². The van der Waals surface area contributed by atoms with Crippen molar-refractivity contribution in [2.75, 3.05) is 11.3 Å². The van der Waals surface area contributed by atoms with Crippen molar-refractivity contribution < 1.29 is 30.8 Å². The zero-order chi connectivity index (χ0) is 20.2. The lowest BCUT2D eigenvalue weighted by atomic mass is 10.1. The molecule has 27 heavy (non-hydrogen) atoms. The van der Waals surface area contributed by atoms with Crippen molar-refractivity contribution in [3.8, 4) is 0 Å². The number of sulfonamides is 1. The second-order valence-corrected chi connectivity index (χ2v) is 7.43. The van der Waals surface area contributed by atoms with Crippen LogP contribution in [0.5, 0.6) is 0 Å². The molecule has 0 atom stereocenters. The minimum absolute atomic E-state index is 0.0838. The number of halogens is 4. The van der Waals surface area contributed by atoms with Gasteiger partial charge in [-0.15, -0.1) is 0 Å². The van der Waals surface area contributed by atoms with Crippen molar-refractivity contribution in [2.24, 2.45) is 0 Å². The van der Waals surface area contributed by atoms with Crippen LogP contribution in [0.3, 0.4) is 0 Å². The maximum absolute atomic E-state index is 13.1. The maximum atomic E-state index is 13.1. The van der Waals surface area contributed by atoms with E-state index < -0.39 is 34.5 Å². The van der Waals surface area contributed by atoms with E-state index in [0.29, 0.717) is 5.56 Å². The number of alkyl halides is 3. The minimum atomic E-state index is -4.49. The highest BCUT2D eigenvalue weighted by molar-refractivity contribution is 7.92. The Kier molecular flexibility index (Phi) is 6.09. The molecule has 0 aliphatic heterocycles. The van der Waals surface area contributed by atoms with Crippen LogP contribution in [-0.2, 0) is 21.2 Å². The second-order valence-electron chi connectivity index (χ2n) is 5.78. The van der Waals surface area contributed by atoms with E-state index in [0.717, 1.165) is 18.2 Å². The van der Waals surface area contributed by atoms with Gasteiger partial charge in [0.25, 0.3) is 10.0 Å². The number of aryl methyl sites for hydroxylation is 1. The van der Waals surface area contributed by atoms with Gasteiger partial charge >= 0.3 is 6.18 Å². The first-order chi connectivity index (χ1) is 12.5. The van der Waals surface area contributed by atoms with Gasteiger partial charge in [-0.1, -0.05) is 12.1 Å². The van der Waals surface area contributed by atoms with Crippen LogP contribution in [0.4, 0.5) is 23.2 Å². The highest BCUT2D eigenvalue weighted by Gasteiger charge is 2.27. The molecule has 0 aromatic heterocycles. The number of hydrogen-bond acceptors (Lipinski definition) is 3. The van der Waals surface area contributed by atoms with Crippen LogP contribution in [0.2, 0.25) is 0 Å². The molecule has 0 fully saturated rings. The summed E-state index contributed by atoms with van der Waals surface area (Å²) < 4.78 is 76.3. The molecular weight excluding hydrogens is 388 g/mol. The van der Waals surface area contributed by atoms with Gasteiger partial charge in [-0.05, 0) is 48.4 Å². The van der Waals surface area contributed by atoms with Crippen LogP contribution >= 0.6 is 0 Å². The Balaban J connectivity index is 2.03. The molecule has 0 saturated heterocycles. The summed E-state index contributed by atoms with van der Waals surface area (Å²) >= 11 is 0. The lowest BCUT2D eigenvalue weighted by molar-refractivity contribution is -0.138. The normalized spacial score (nSPS) is 11.9. The summed E-state index contributed by atoms with van der Waals surface area (Å²) in [5.74, 6) is -1.36. The predicted octanol–water partition coefficient (Wildman–Crippen LogP) is 3.16. The van der Waals surface area contributed by atoms with Gasteiger partial charge in [0.2, 0.25) is 5.91 Å². The first-order valence-electron chi connectivity index (χ1n) is 7.68. The van der Waals surface area contributed by atoms with Crippen LogP contribution in [0.1, 0.15) is 11.1 Å². The van der Waals surface area contributed by atoms with Gasteiger partial charge in [-0.2, -0.15) is 13.2 Å². The van der Waals surface area contributed by atoms with Crippen LogP contribution in [0.25, 0.3) is 0 Å². The van der Waals surface area contributed by atoms with Gasteiger partial charge in [0, 0.05) is 5.69 Å². The second kappa shape index (κ2) is 7.95. The molecule has 2 rings (SSSR count).